The number of nitrogens with zero attached hydrogens (tertiary/aromatic N) is 1. The molecule has 17 heavy (non-hydrogen) atoms. The van der Waals surface area contributed by atoms with Crippen LogP contribution in [0.1, 0.15) is 18.4 Å². The highest BCUT2D eigenvalue weighted by Gasteiger charge is 2.43. The lowest BCUT2D eigenvalue weighted by Gasteiger charge is -2.45. The van der Waals surface area contributed by atoms with E-state index < -0.39 is 0 Å². The van der Waals surface area contributed by atoms with Crippen LogP contribution in [0, 0.1) is 6.92 Å². The molecule has 0 saturated carbocycles. The lowest BCUT2D eigenvalue weighted by molar-refractivity contribution is -0.0701. The van der Waals surface area contributed by atoms with E-state index in [2.05, 4.69) is 11.1 Å². The molecule has 4 heteroatoms. The molecule has 0 amide bonds. The summed E-state index contributed by atoms with van der Waals surface area (Å²) in [5.74, 6) is 0.692. The highest BCUT2D eigenvalue weighted by Crippen LogP contribution is 2.36. The van der Waals surface area contributed by atoms with Crippen molar-refractivity contribution < 1.29 is 9.15 Å². The average Bonchev–Trinajstić information content (AvgIpc) is 2.54. The van der Waals surface area contributed by atoms with Crippen molar-refractivity contribution in [1.82, 2.24) is 4.98 Å². The molecule has 0 spiro atoms. The maximum absolute atomic E-state index is 6.09. The van der Waals surface area contributed by atoms with Crippen LogP contribution < -0.4 is 5.73 Å². The third-order valence-corrected chi connectivity index (χ3v) is 3.66. The van der Waals surface area contributed by atoms with Crippen molar-refractivity contribution in [2.45, 2.75) is 25.3 Å². The molecule has 3 rings (SSSR count). The predicted octanol–water partition coefficient (Wildman–Crippen LogP) is 1.75. The molecule has 0 aliphatic carbocycles. The van der Waals surface area contributed by atoms with E-state index in [-0.39, 0.29) is 11.5 Å². The fourth-order valence-electron chi connectivity index (χ4n) is 2.36. The minimum Gasteiger partial charge on any atom is -0.441 e. The first kappa shape index (κ1) is 10.7. The first-order valence-electron chi connectivity index (χ1n) is 5.83. The first-order valence-corrected chi connectivity index (χ1v) is 5.83. The number of ether oxygens (including phenoxy) is 1. The van der Waals surface area contributed by atoms with Crippen LogP contribution >= 0.6 is 0 Å². The van der Waals surface area contributed by atoms with Gasteiger partial charge in [0.05, 0.1) is 18.6 Å². The molecule has 1 aromatic heterocycles. The summed E-state index contributed by atoms with van der Waals surface area (Å²) in [6, 6.07) is 6.18. The molecule has 0 radical (unpaired) electrons. The van der Waals surface area contributed by atoms with Gasteiger partial charge in [0.15, 0.2) is 11.5 Å². The zero-order chi connectivity index (χ0) is 12.0. The Balaban J connectivity index is 2.10. The van der Waals surface area contributed by atoms with Gasteiger partial charge in [-0.1, -0.05) is 6.07 Å². The maximum Gasteiger partial charge on any atom is 0.192 e. The van der Waals surface area contributed by atoms with Gasteiger partial charge in [0.2, 0.25) is 0 Å². The number of hydrogen-bond acceptors (Lipinski definition) is 4. The van der Waals surface area contributed by atoms with Crippen LogP contribution in [0.25, 0.3) is 11.1 Å². The zero-order valence-electron chi connectivity index (χ0n) is 10.1. The molecule has 1 atom stereocenters. The van der Waals surface area contributed by atoms with Crippen molar-refractivity contribution in [2.24, 2.45) is 5.73 Å². The quantitative estimate of drug-likeness (QED) is 0.857. The van der Waals surface area contributed by atoms with E-state index in [0.29, 0.717) is 19.1 Å². The number of aryl methyl sites for hydroxylation is 1. The number of aromatic nitrogens is 1. The van der Waals surface area contributed by atoms with Gasteiger partial charge in [-0.25, -0.2) is 4.98 Å². The van der Waals surface area contributed by atoms with E-state index in [1.807, 2.05) is 26.0 Å². The standard InChI is InChI=1S/C13H16N2O2/c1-8(14)13(6-16-7-13)10-3-4-11-12(5-10)17-9(2)15-11/h3-5,8H,6-7,14H2,1-2H3. The molecule has 1 aromatic carbocycles. The molecule has 90 valence electrons. The average molecular weight is 232 g/mol. The molecule has 1 saturated heterocycles. The Morgan fingerprint density at radius 3 is 2.76 bits per heavy atom. The van der Waals surface area contributed by atoms with E-state index in [0.717, 1.165) is 11.1 Å². The highest BCUT2D eigenvalue weighted by molar-refractivity contribution is 5.74. The van der Waals surface area contributed by atoms with Crippen molar-refractivity contribution in [1.29, 1.82) is 0 Å². The Morgan fingerprint density at radius 1 is 1.41 bits per heavy atom. The summed E-state index contributed by atoms with van der Waals surface area (Å²) in [5, 5.41) is 0. The summed E-state index contributed by atoms with van der Waals surface area (Å²) < 4.78 is 10.9. The smallest absolute Gasteiger partial charge is 0.192 e. The molecule has 2 aromatic rings. The monoisotopic (exact) mass is 232 g/mol. The maximum atomic E-state index is 6.09. The van der Waals surface area contributed by atoms with E-state index >= 15 is 0 Å². The van der Waals surface area contributed by atoms with Gasteiger partial charge in [-0.05, 0) is 24.6 Å². The van der Waals surface area contributed by atoms with Crippen LogP contribution in [0.5, 0.6) is 0 Å². The SMILES string of the molecule is Cc1nc2ccc(C3(C(C)N)COC3)cc2o1. The topological polar surface area (TPSA) is 61.3 Å². The number of rotatable bonds is 2. The van der Waals surface area contributed by atoms with Crippen LogP contribution in [0.15, 0.2) is 22.6 Å². The van der Waals surface area contributed by atoms with Crippen molar-refractivity contribution in [3.05, 3.63) is 29.7 Å². The van der Waals surface area contributed by atoms with Crippen LogP contribution in [-0.2, 0) is 10.2 Å². The molecule has 1 aliphatic rings. The van der Waals surface area contributed by atoms with Gasteiger partial charge < -0.3 is 14.9 Å². The van der Waals surface area contributed by atoms with Gasteiger partial charge in [0.25, 0.3) is 0 Å². The summed E-state index contributed by atoms with van der Waals surface area (Å²) >= 11 is 0. The minimum atomic E-state index is -0.0606. The second-order valence-electron chi connectivity index (χ2n) is 4.85. The van der Waals surface area contributed by atoms with E-state index in [1.165, 1.54) is 5.56 Å². The van der Waals surface area contributed by atoms with Gasteiger partial charge in [-0.2, -0.15) is 0 Å². The minimum absolute atomic E-state index is 0.0606. The number of oxazole rings is 1. The fourth-order valence-corrected chi connectivity index (χ4v) is 2.36. The first-order chi connectivity index (χ1) is 8.12. The van der Waals surface area contributed by atoms with E-state index in [4.69, 9.17) is 14.9 Å². The zero-order valence-corrected chi connectivity index (χ0v) is 10.1. The Morgan fingerprint density at radius 2 is 2.18 bits per heavy atom. The van der Waals surface area contributed by atoms with Gasteiger partial charge in [0.1, 0.15) is 5.52 Å². The van der Waals surface area contributed by atoms with Crippen LogP contribution in [-0.4, -0.2) is 24.2 Å². The summed E-state index contributed by atoms with van der Waals surface area (Å²) in [6.45, 7) is 5.25. The summed E-state index contributed by atoms with van der Waals surface area (Å²) in [7, 11) is 0. The van der Waals surface area contributed by atoms with Crippen LogP contribution in [0.4, 0.5) is 0 Å². The summed E-state index contributed by atoms with van der Waals surface area (Å²) in [6.07, 6.45) is 0. The van der Waals surface area contributed by atoms with Crippen LogP contribution in [0.3, 0.4) is 0 Å². The second-order valence-corrected chi connectivity index (χ2v) is 4.85. The molecule has 2 N–H and O–H groups in total. The van der Waals surface area contributed by atoms with Gasteiger partial charge >= 0.3 is 0 Å². The third kappa shape index (κ3) is 1.48. The number of benzene rings is 1. The normalized spacial score (nSPS) is 20.2. The Labute approximate surface area is 99.8 Å². The lowest BCUT2D eigenvalue weighted by Crippen LogP contribution is -2.57. The summed E-state index contributed by atoms with van der Waals surface area (Å²) in [5.41, 5.74) is 8.93. The Bertz CT molecular complexity index is 556. The molecule has 0 bridgehead atoms. The third-order valence-electron chi connectivity index (χ3n) is 3.66. The molecule has 1 aliphatic heterocycles. The molecule has 1 unspecified atom stereocenters. The number of fused-ring (bicyclic) bond motifs is 1. The number of hydrogen-bond donors (Lipinski definition) is 1. The molecule has 1 fully saturated rings. The molecular formula is C13H16N2O2. The van der Waals surface area contributed by atoms with Crippen molar-refractivity contribution in [3.8, 4) is 0 Å². The molecule has 4 nitrogen and oxygen atoms in total. The van der Waals surface area contributed by atoms with Gasteiger partial charge in [0, 0.05) is 13.0 Å². The molecular weight excluding hydrogens is 216 g/mol. The number of nitrogens with two attached hydrogens (primary N) is 1. The Kier molecular flexibility index (Phi) is 2.24. The second kappa shape index (κ2) is 3.55. The fraction of sp³-hybridized carbons (Fsp3) is 0.462. The Hall–Kier alpha value is -1.39. The summed E-state index contributed by atoms with van der Waals surface area (Å²) in [4.78, 5) is 4.30. The van der Waals surface area contributed by atoms with Gasteiger partial charge in [-0.3, -0.25) is 0 Å². The van der Waals surface area contributed by atoms with Crippen molar-refractivity contribution in [3.63, 3.8) is 0 Å². The van der Waals surface area contributed by atoms with Crippen molar-refractivity contribution in [2.75, 3.05) is 13.2 Å². The van der Waals surface area contributed by atoms with Crippen LogP contribution in [0.2, 0.25) is 0 Å². The lowest BCUT2D eigenvalue weighted by atomic mass is 9.73. The highest BCUT2D eigenvalue weighted by atomic mass is 16.5. The van der Waals surface area contributed by atoms with Crippen molar-refractivity contribution >= 4 is 11.1 Å². The predicted molar refractivity (Wildman–Crippen MR) is 64.9 cm³/mol. The largest absolute Gasteiger partial charge is 0.441 e. The van der Waals surface area contributed by atoms with E-state index in [9.17, 15) is 0 Å². The van der Waals surface area contributed by atoms with E-state index in [1.54, 1.807) is 0 Å². The van der Waals surface area contributed by atoms with Gasteiger partial charge in [-0.15, -0.1) is 0 Å². The molecule has 2 heterocycles.